The Kier molecular flexibility index (Phi) is 5.52. The van der Waals surface area contributed by atoms with Crippen LogP contribution in [0.1, 0.15) is 22.8 Å². The predicted octanol–water partition coefficient (Wildman–Crippen LogP) is 7.02. The Labute approximate surface area is 179 Å². The molecular weight excluding hydrogens is 403 g/mol. The highest BCUT2D eigenvalue weighted by molar-refractivity contribution is 6.42. The van der Waals surface area contributed by atoms with E-state index in [2.05, 4.69) is 12.2 Å². The van der Waals surface area contributed by atoms with E-state index in [0.29, 0.717) is 21.3 Å². The number of nitrogens with one attached hydrogen (secondary N) is 1. The van der Waals surface area contributed by atoms with Crippen molar-refractivity contribution in [3.8, 4) is 11.3 Å². The smallest absolute Gasteiger partial charge is 0.256 e. The number of hydrogen-bond donors (Lipinski definition) is 1. The van der Waals surface area contributed by atoms with Crippen molar-refractivity contribution in [3.05, 3.63) is 94.0 Å². The number of carbonyl (C=O) groups excluding carboxylic acids is 1. The van der Waals surface area contributed by atoms with Crippen molar-refractivity contribution in [1.82, 2.24) is 4.98 Å². The summed E-state index contributed by atoms with van der Waals surface area (Å²) in [6.45, 7) is 2.09. The molecule has 1 N–H and O–H groups in total. The maximum Gasteiger partial charge on any atom is 0.256 e. The predicted molar refractivity (Wildman–Crippen MR) is 121 cm³/mol. The number of carbonyl (C=O) groups is 1. The van der Waals surface area contributed by atoms with E-state index in [1.165, 1.54) is 0 Å². The van der Waals surface area contributed by atoms with Gasteiger partial charge < -0.3 is 5.32 Å². The highest BCUT2D eigenvalue weighted by Crippen LogP contribution is 2.28. The lowest BCUT2D eigenvalue weighted by molar-refractivity contribution is 0.102. The second kappa shape index (κ2) is 8.24. The number of fused-ring (bicyclic) bond motifs is 1. The van der Waals surface area contributed by atoms with E-state index in [-0.39, 0.29) is 5.91 Å². The molecule has 0 aliphatic heterocycles. The van der Waals surface area contributed by atoms with Crippen LogP contribution in [-0.4, -0.2) is 10.9 Å². The van der Waals surface area contributed by atoms with Gasteiger partial charge in [-0.05, 0) is 48.4 Å². The molecule has 4 rings (SSSR count). The topological polar surface area (TPSA) is 42.0 Å². The Hall–Kier alpha value is -2.88. The SMILES string of the molecule is CCc1ccc2nc(-c3ccccc3)cc(C(=O)Nc3ccc(Cl)c(Cl)c3)c2c1. The fraction of sp³-hybridized carbons (Fsp3) is 0.0833. The van der Waals surface area contributed by atoms with Gasteiger partial charge in [0.1, 0.15) is 0 Å². The number of halogens is 2. The van der Waals surface area contributed by atoms with E-state index in [9.17, 15) is 4.79 Å². The van der Waals surface area contributed by atoms with Crippen molar-refractivity contribution in [2.75, 3.05) is 5.32 Å². The molecule has 144 valence electrons. The first-order chi connectivity index (χ1) is 14.0. The second-order valence-electron chi connectivity index (χ2n) is 6.71. The number of pyridine rings is 1. The van der Waals surface area contributed by atoms with Crippen molar-refractivity contribution in [1.29, 1.82) is 0 Å². The number of rotatable bonds is 4. The van der Waals surface area contributed by atoms with Crippen molar-refractivity contribution in [2.45, 2.75) is 13.3 Å². The van der Waals surface area contributed by atoms with Crippen LogP contribution in [0.3, 0.4) is 0 Å². The van der Waals surface area contributed by atoms with Gasteiger partial charge in [0.2, 0.25) is 0 Å². The second-order valence-corrected chi connectivity index (χ2v) is 7.52. The number of benzene rings is 3. The number of aryl methyl sites for hydroxylation is 1. The summed E-state index contributed by atoms with van der Waals surface area (Å²) in [4.78, 5) is 18.0. The largest absolute Gasteiger partial charge is 0.322 e. The lowest BCUT2D eigenvalue weighted by atomic mass is 10.0. The third-order valence-electron chi connectivity index (χ3n) is 4.77. The lowest BCUT2D eigenvalue weighted by Crippen LogP contribution is -2.13. The average Bonchev–Trinajstić information content (AvgIpc) is 2.75. The summed E-state index contributed by atoms with van der Waals surface area (Å²) in [5.74, 6) is -0.221. The third-order valence-corrected chi connectivity index (χ3v) is 5.51. The standard InChI is InChI=1S/C24H18Cl2N2O/c1-2-15-8-11-22-18(12-15)19(14-23(28-22)16-6-4-3-5-7-16)24(29)27-17-9-10-20(25)21(26)13-17/h3-14H,2H2,1H3,(H,27,29). The Morgan fingerprint density at radius 3 is 2.45 bits per heavy atom. The van der Waals surface area contributed by atoms with Gasteiger partial charge in [0.05, 0.1) is 26.8 Å². The molecule has 29 heavy (non-hydrogen) atoms. The monoisotopic (exact) mass is 420 g/mol. The molecule has 0 radical (unpaired) electrons. The molecule has 1 heterocycles. The molecule has 0 aliphatic carbocycles. The number of hydrogen-bond acceptors (Lipinski definition) is 2. The van der Waals surface area contributed by atoms with Crippen molar-refractivity contribution < 1.29 is 4.79 Å². The summed E-state index contributed by atoms with van der Waals surface area (Å²) in [7, 11) is 0. The van der Waals surface area contributed by atoms with Crippen LogP contribution in [0.2, 0.25) is 10.0 Å². The van der Waals surface area contributed by atoms with Crippen LogP contribution in [0.5, 0.6) is 0 Å². The Bertz CT molecular complexity index is 1210. The van der Waals surface area contributed by atoms with E-state index in [4.69, 9.17) is 28.2 Å². The van der Waals surface area contributed by atoms with Gasteiger partial charge in [-0.1, -0.05) is 66.5 Å². The first-order valence-electron chi connectivity index (χ1n) is 9.30. The fourth-order valence-corrected chi connectivity index (χ4v) is 3.51. The van der Waals surface area contributed by atoms with Crippen LogP contribution >= 0.6 is 23.2 Å². The Balaban J connectivity index is 1.83. The van der Waals surface area contributed by atoms with Gasteiger partial charge in [0, 0.05) is 16.6 Å². The Morgan fingerprint density at radius 1 is 0.931 bits per heavy atom. The fourth-order valence-electron chi connectivity index (χ4n) is 3.21. The minimum Gasteiger partial charge on any atom is -0.322 e. The first-order valence-corrected chi connectivity index (χ1v) is 10.1. The summed E-state index contributed by atoms with van der Waals surface area (Å²) in [5, 5.41) is 4.58. The molecule has 0 aliphatic rings. The van der Waals surface area contributed by atoms with Crippen molar-refractivity contribution in [3.63, 3.8) is 0 Å². The summed E-state index contributed by atoms with van der Waals surface area (Å²) < 4.78 is 0. The van der Waals surface area contributed by atoms with Crippen molar-refractivity contribution in [2.24, 2.45) is 0 Å². The number of amides is 1. The van der Waals surface area contributed by atoms with Crippen molar-refractivity contribution >= 4 is 45.7 Å². The molecule has 0 saturated carbocycles. The quantitative estimate of drug-likeness (QED) is 0.385. The first kappa shape index (κ1) is 19.4. The molecule has 0 bridgehead atoms. The zero-order valence-corrected chi connectivity index (χ0v) is 17.3. The molecular formula is C24H18Cl2N2O. The van der Waals surface area contributed by atoms with Gasteiger partial charge in [0.15, 0.2) is 0 Å². The molecule has 4 aromatic rings. The zero-order valence-electron chi connectivity index (χ0n) is 15.7. The van der Waals surface area contributed by atoms with Crippen LogP contribution in [0.25, 0.3) is 22.2 Å². The van der Waals surface area contributed by atoms with E-state index < -0.39 is 0 Å². The summed E-state index contributed by atoms with van der Waals surface area (Å²) >= 11 is 12.1. The van der Waals surface area contributed by atoms with E-state index in [0.717, 1.165) is 34.1 Å². The molecule has 0 saturated heterocycles. The van der Waals surface area contributed by atoms with Crippen LogP contribution in [-0.2, 0) is 6.42 Å². The van der Waals surface area contributed by atoms with Gasteiger partial charge in [-0.3, -0.25) is 4.79 Å². The van der Waals surface area contributed by atoms with Crippen LogP contribution in [0.15, 0.2) is 72.8 Å². The molecule has 3 aromatic carbocycles. The Morgan fingerprint density at radius 2 is 1.72 bits per heavy atom. The summed E-state index contributed by atoms with van der Waals surface area (Å²) in [6, 6.07) is 22.7. The zero-order chi connectivity index (χ0) is 20.4. The van der Waals surface area contributed by atoms with Gasteiger partial charge >= 0.3 is 0 Å². The van der Waals surface area contributed by atoms with Gasteiger partial charge in [-0.2, -0.15) is 0 Å². The minimum absolute atomic E-state index is 0.221. The molecule has 1 amide bonds. The lowest BCUT2D eigenvalue weighted by Gasteiger charge is -2.12. The highest BCUT2D eigenvalue weighted by Gasteiger charge is 2.15. The molecule has 1 aromatic heterocycles. The molecule has 0 unspecified atom stereocenters. The summed E-state index contributed by atoms with van der Waals surface area (Å²) in [5.41, 5.74) is 4.79. The molecule has 5 heteroatoms. The molecule has 3 nitrogen and oxygen atoms in total. The van der Waals surface area contributed by atoms with Crippen LogP contribution < -0.4 is 5.32 Å². The van der Waals surface area contributed by atoms with Gasteiger partial charge in [-0.15, -0.1) is 0 Å². The van der Waals surface area contributed by atoms with Gasteiger partial charge in [0.25, 0.3) is 5.91 Å². The summed E-state index contributed by atoms with van der Waals surface area (Å²) in [6.07, 6.45) is 0.879. The van der Waals surface area contributed by atoms with Crippen LogP contribution in [0, 0.1) is 0 Å². The normalized spacial score (nSPS) is 10.9. The van der Waals surface area contributed by atoms with Gasteiger partial charge in [-0.25, -0.2) is 4.98 Å². The number of anilines is 1. The maximum atomic E-state index is 13.2. The van der Waals surface area contributed by atoms with E-state index >= 15 is 0 Å². The highest BCUT2D eigenvalue weighted by atomic mass is 35.5. The average molecular weight is 421 g/mol. The third kappa shape index (κ3) is 4.12. The number of nitrogens with zero attached hydrogens (tertiary/aromatic N) is 1. The van der Waals surface area contributed by atoms with Crippen LogP contribution in [0.4, 0.5) is 5.69 Å². The van der Waals surface area contributed by atoms with E-state index in [1.54, 1.807) is 18.2 Å². The molecule has 0 spiro atoms. The molecule has 0 atom stereocenters. The maximum absolute atomic E-state index is 13.2. The molecule has 0 fully saturated rings. The number of aromatic nitrogens is 1. The van der Waals surface area contributed by atoms with E-state index in [1.807, 2.05) is 54.6 Å². The minimum atomic E-state index is -0.221.